The molecule has 6 rings (SSSR count). The molecule has 0 saturated carbocycles. The average Bonchev–Trinajstić information content (AvgIpc) is 3.24. The van der Waals surface area contributed by atoms with Crippen molar-refractivity contribution in [1.29, 1.82) is 0 Å². The van der Waals surface area contributed by atoms with E-state index in [0.717, 1.165) is 23.3 Å². The highest BCUT2D eigenvalue weighted by molar-refractivity contribution is 6.05. The Hall–Kier alpha value is -6.25. The van der Waals surface area contributed by atoms with Crippen molar-refractivity contribution in [1.82, 2.24) is 14.7 Å². The van der Waals surface area contributed by atoms with Crippen LogP contribution in [0.5, 0.6) is 11.5 Å². The van der Waals surface area contributed by atoms with Gasteiger partial charge in [-0.2, -0.15) is 13.2 Å². The first-order valence-corrected chi connectivity index (χ1v) is 21.1. The highest BCUT2D eigenvalue weighted by Crippen LogP contribution is 2.45. The number of carbonyl (C=O) groups is 4. The minimum Gasteiger partial charge on any atom is -0.489 e. The molecule has 2 aliphatic heterocycles. The molecule has 4 aromatic rings. The number of nitrogens with zero attached hydrogens (tertiary/aromatic N) is 4. The number of ether oxygens (including phenoxy) is 4. The maximum Gasteiger partial charge on any atom is 0.417 e. The summed E-state index contributed by atoms with van der Waals surface area (Å²) in [7, 11) is 0. The lowest BCUT2D eigenvalue weighted by atomic mass is 9.96. The van der Waals surface area contributed by atoms with Gasteiger partial charge in [-0.05, 0) is 89.8 Å². The SMILES string of the molecule is CC(C)N(C(=O)c1cc2c(cc1C(F)(F)F)OC(C)(COc1ccccc1)C(=O)N2CCN(Cc1ccccc1)C(=O)OCc1ccccc1)[C@@H]1CCCN(C(=O)OC(C)(C)C)C1. The second kappa shape index (κ2) is 19.4. The monoisotopic (exact) mass is 872 g/mol. The second-order valence-corrected chi connectivity index (χ2v) is 17.2. The van der Waals surface area contributed by atoms with E-state index in [1.165, 1.54) is 26.5 Å². The molecule has 4 aromatic carbocycles. The molecule has 2 heterocycles. The Labute approximate surface area is 366 Å². The van der Waals surface area contributed by atoms with E-state index < -0.39 is 64.6 Å². The number of carbonyl (C=O) groups excluding carboxylic acids is 4. The van der Waals surface area contributed by atoms with Gasteiger partial charge in [-0.3, -0.25) is 9.59 Å². The van der Waals surface area contributed by atoms with Gasteiger partial charge in [0.1, 0.15) is 30.3 Å². The summed E-state index contributed by atoms with van der Waals surface area (Å²) in [6, 6.07) is 27.4. The highest BCUT2D eigenvalue weighted by Gasteiger charge is 2.49. The number of amides is 4. The largest absolute Gasteiger partial charge is 0.489 e. The van der Waals surface area contributed by atoms with E-state index in [0.29, 0.717) is 25.1 Å². The molecule has 1 unspecified atom stereocenters. The fraction of sp³-hybridized carbons (Fsp3) is 0.417. The van der Waals surface area contributed by atoms with E-state index in [-0.39, 0.29) is 50.8 Å². The van der Waals surface area contributed by atoms with Crippen LogP contribution in [0.2, 0.25) is 0 Å². The van der Waals surface area contributed by atoms with Crippen LogP contribution < -0.4 is 14.4 Å². The Bertz CT molecular complexity index is 2220. The Balaban J connectivity index is 1.38. The van der Waals surface area contributed by atoms with Crippen molar-refractivity contribution >= 4 is 29.7 Å². The Morgan fingerprint density at radius 2 is 1.52 bits per heavy atom. The number of halogens is 3. The Morgan fingerprint density at radius 3 is 2.13 bits per heavy atom. The first kappa shape index (κ1) is 46.3. The minimum atomic E-state index is -5.03. The molecule has 63 heavy (non-hydrogen) atoms. The number of likely N-dealkylation sites (tertiary alicyclic amines) is 1. The maximum atomic E-state index is 15.2. The molecule has 0 radical (unpaired) electrons. The first-order chi connectivity index (χ1) is 29.8. The molecule has 0 spiro atoms. The number of hydrogen-bond acceptors (Lipinski definition) is 8. The van der Waals surface area contributed by atoms with Crippen LogP contribution in [0.1, 0.15) is 81.4 Å². The predicted octanol–water partition coefficient (Wildman–Crippen LogP) is 9.36. The van der Waals surface area contributed by atoms with E-state index in [1.54, 1.807) is 65.0 Å². The van der Waals surface area contributed by atoms with Gasteiger partial charge in [0.25, 0.3) is 11.8 Å². The van der Waals surface area contributed by atoms with Crippen molar-refractivity contribution in [2.75, 3.05) is 37.7 Å². The summed E-state index contributed by atoms with van der Waals surface area (Å²) in [6.45, 7) is 9.81. The molecule has 0 bridgehead atoms. The Kier molecular flexibility index (Phi) is 14.3. The zero-order valence-corrected chi connectivity index (χ0v) is 36.5. The summed E-state index contributed by atoms with van der Waals surface area (Å²) in [4.78, 5) is 61.8. The molecule has 0 aliphatic carbocycles. The van der Waals surface area contributed by atoms with Crippen molar-refractivity contribution in [2.24, 2.45) is 0 Å². The van der Waals surface area contributed by atoms with Crippen molar-refractivity contribution in [3.05, 3.63) is 125 Å². The number of piperidine rings is 1. The molecule has 0 N–H and O–H groups in total. The standard InChI is InChI=1S/C48H55F3N4O8/c1-33(2)55(36-21-16-24-52(30-36)45(59)63-46(3,4)5)42(56)38-27-40-41(28-39(38)48(49,50)51)62-47(6,32-61-37-22-14-9-15-23-37)43(57)54(40)26-25-53(29-34-17-10-7-11-18-34)44(58)60-31-35-19-12-8-13-20-35/h7-15,17-20,22-23,27-28,33,36H,16,21,24-26,29-32H2,1-6H3/t36-,47?/m1/s1. The lowest BCUT2D eigenvalue weighted by Crippen LogP contribution is -2.59. The summed E-state index contributed by atoms with van der Waals surface area (Å²) in [5.74, 6) is -1.49. The quantitative estimate of drug-likeness (QED) is 0.131. The molecule has 1 fully saturated rings. The smallest absolute Gasteiger partial charge is 0.417 e. The number of alkyl halides is 3. The molecule has 1 saturated heterocycles. The van der Waals surface area contributed by atoms with Gasteiger partial charge in [-0.15, -0.1) is 0 Å². The molecule has 4 amide bonds. The predicted molar refractivity (Wildman–Crippen MR) is 230 cm³/mol. The first-order valence-electron chi connectivity index (χ1n) is 21.1. The normalized spacial score (nSPS) is 17.7. The fourth-order valence-electron chi connectivity index (χ4n) is 7.71. The summed E-state index contributed by atoms with van der Waals surface area (Å²) in [5, 5.41) is 0. The fourth-order valence-corrected chi connectivity index (χ4v) is 7.71. The van der Waals surface area contributed by atoms with Crippen LogP contribution in [-0.4, -0.2) is 94.8 Å². The number of rotatable bonds is 13. The van der Waals surface area contributed by atoms with Crippen molar-refractivity contribution in [3.8, 4) is 11.5 Å². The van der Waals surface area contributed by atoms with E-state index >= 15 is 13.2 Å². The molecule has 0 aromatic heterocycles. The summed E-state index contributed by atoms with van der Waals surface area (Å²) in [5.41, 5.74) is -3.13. The van der Waals surface area contributed by atoms with Crippen LogP contribution >= 0.6 is 0 Å². The van der Waals surface area contributed by atoms with Gasteiger partial charge in [0.05, 0.1) is 22.9 Å². The van der Waals surface area contributed by atoms with Gasteiger partial charge in [0.15, 0.2) is 0 Å². The molecular weight excluding hydrogens is 818 g/mol. The number of fused-ring (bicyclic) bond motifs is 1. The van der Waals surface area contributed by atoms with Crippen molar-refractivity contribution < 1.29 is 51.3 Å². The van der Waals surface area contributed by atoms with Gasteiger partial charge in [0.2, 0.25) is 5.60 Å². The average molecular weight is 873 g/mol. The van der Waals surface area contributed by atoms with Crippen LogP contribution in [0.15, 0.2) is 103 Å². The highest BCUT2D eigenvalue weighted by atomic mass is 19.4. The summed E-state index contributed by atoms with van der Waals surface area (Å²) >= 11 is 0. The van der Waals surface area contributed by atoms with Gasteiger partial charge in [-0.1, -0.05) is 78.9 Å². The molecule has 12 nitrogen and oxygen atoms in total. The molecule has 2 atom stereocenters. The molecular formula is C48H55F3N4O8. The lowest BCUT2D eigenvalue weighted by Gasteiger charge is -2.43. The van der Waals surface area contributed by atoms with Gasteiger partial charge >= 0.3 is 18.4 Å². The topological polar surface area (TPSA) is 118 Å². The number of para-hydroxylation sites is 1. The van der Waals surface area contributed by atoms with Gasteiger partial charge in [-0.25, -0.2) is 9.59 Å². The van der Waals surface area contributed by atoms with Crippen LogP contribution in [0.3, 0.4) is 0 Å². The minimum absolute atomic E-state index is 0.0201. The maximum absolute atomic E-state index is 15.2. The van der Waals surface area contributed by atoms with Crippen LogP contribution in [0, 0.1) is 0 Å². The van der Waals surface area contributed by atoms with E-state index in [4.69, 9.17) is 18.9 Å². The number of hydrogen-bond donors (Lipinski definition) is 0. The third-order valence-corrected chi connectivity index (χ3v) is 10.7. The lowest BCUT2D eigenvalue weighted by molar-refractivity contribution is -0.139. The van der Waals surface area contributed by atoms with Crippen molar-refractivity contribution in [2.45, 2.75) is 97.0 Å². The third-order valence-electron chi connectivity index (χ3n) is 10.7. The van der Waals surface area contributed by atoms with Gasteiger partial charge in [0, 0.05) is 38.8 Å². The summed E-state index contributed by atoms with van der Waals surface area (Å²) in [6.07, 6.45) is -5.37. The van der Waals surface area contributed by atoms with Crippen molar-refractivity contribution in [3.63, 3.8) is 0 Å². The van der Waals surface area contributed by atoms with E-state index in [1.807, 2.05) is 60.7 Å². The zero-order chi connectivity index (χ0) is 45.5. The van der Waals surface area contributed by atoms with Crippen LogP contribution in [0.4, 0.5) is 28.4 Å². The molecule has 15 heteroatoms. The second-order valence-electron chi connectivity index (χ2n) is 17.2. The number of anilines is 1. The molecule has 2 aliphatic rings. The molecule has 336 valence electrons. The van der Waals surface area contributed by atoms with E-state index in [9.17, 15) is 19.2 Å². The number of benzene rings is 4. The zero-order valence-electron chi connectivity index (χ0n) is 36.5. The van der Waals surface area contributed by atoms with Crippen LogP contribution in [0.25, 0.3) is 0 Å². The van der Waals surface area contributed by atoms with Crippen LogP contribution in [-0.2, 0) is 33.6 Å². The Morgan fingerprint density at radius 1 is 0.905 bits per heavy atom. The van der Waals surface area contributed by atoms with E-state index in [2.05, 4.69) is 0 Å². The third kappa shape index (κ3) is 11.6. The summed E-state index contributed by atoms with van der Waals surface area (Å²) < 4.78 is 69.1. The van der Waals surface area contributed by atoms with Gasteiger partial charge < -0.3 is 38.5 Å².